The van der Waals surface area contributed by atoms with E-state index >= 15 is 0 Å². The van der Waals surface area contributed by atoms with Crippen molar-refractivity contribution in [1.29, 1.82) is 0 Å². The fourth-order valence-electron chi connectivity index (χ4n) is 3.27. The minimum absolute atomic E-state index is 0.179. The normalized spacial score (nSPS) is 14.4. The minimum Gasteiger partial charge on any atom is -0.505 e. The molecule has 0 saturated carbocycles. The summed E-state index contributed by atoms with van der Waals surface area (Å²) in [5.41, 5.74) is 0.562. The van der Waals surface area contributed by atoms with Crippen LogP contribution in [0.25, 0.3) is 0 Å². The Balaban J connectivity index is 1.41. The molecule has 31 heavy (non-hydrogen) atoms. The molecule has 166 valence electrons. The number of aliphatic carboxylic acids is 1. The highest BCUT2D eigenvalue weighted by Gasteiger charge is 2.20. The highest BCUT2D eigenvalue weighted by atomic mass is 35.5. The Morgan fingerprint density at radius 2 is 1.87 bits per heavy atom. The number of piperazine rings is 1. The Bertz CT molecular complexity index is 905. The largest absolute Gasteiger partial charge is 0.505 e. The highest BCUT2D eigenvalue weighted by molar-refractivity contribution is 7.99. The van der Waals surface area contributed by atoms with Crippen LogP contribution < -0.4 is 10.2 Å². The van der Waals surface area contributed by atoms with Gasteiger partial charge in [-0.05, 0) is 43.0 Å². The zero-order valence-corrected chi connectivity index (χ0v) is 18.5. The number of anilines is 1. The molecule has 2 heterocycles. The van der Waals surface area contributed by atoms with Crippen LogP contribution in [0.1, 0.15) is 16.9 Å². The van der Waals surface area contributed by atoms with E-state index < -0.39 is 18.4 Å². The van der Waals surface area contributed by atoms with Gasteiger partial charge in [-0.1, -0.05) is 11.6 Å². The maximum Gasteiger partial charge on any atom is 0.322 e. The first kappa shape index (κ1) is 23.2. The number of nitrogens with zero attached hydrogens (tertiary/aromatic N) is 3. The van der Waals surface area contributed by atoms with Gasteiger partial charge in [0.1, 0.15) is 12.3 Å². The third kappa shape index (κ3) is 7.02. The molecule has 0 bridgehead atoms. The van der Waals surface area contributed by atoms with Crippen molar-refractivity contribution in [2.45, 2.75) is 11.3 Å². The van der Waals surface area contributed by atoms with E-state index in [1.807, 2.05) is 36.0 Å². The standard InChI is InChI=1S/C21H25ClN4O4S/c22-15-2-4-17(5-3-15)31-11-1-6-25-7-9-26(10-8-25)16-12-18(27)20(23-13-16)21(30)24-14-19(28)29/h2-5,12-13,27H,1,6-11,14H2,(H,24,30)(H,28,29). The number of carbonyl (C=O) groups excluding carboxylic acids is 1. The van der Waals surface area contributed by atoms with Crippen LogP contribution >= 0.6 is 23.4 Å². The number of carboxylic acids is 1. The van der Waals surface area contributed by atoms with Gasteiger partial charge in [0.2, 0.25) is 0 Å². The van der Waals surface area contributed by atoms with E-state index in [0.29, 0.717) is 0 Å². The van der Waals surface area contributed by atoms with Gasteiger partial charge in [-0.25, -0.2) is 4.98 Å². The monoisotopic (exact) mass is 464 g/mol. The minimum atomic E-state index is -1.16. The number of benzene rings is 1. The predicted molar refractivity (Wildman–Crippen MR) is 121 cm³/mol. The molecule has 0 spiro atoms. The SMILES string of the molecule is O=C(O)CNC(=O)c1ncc(N2CCN(CCCSc3ccc(Cl)cc3)CC2)cc1O. The van der Waals surface area contributed by atoms with Crippen LogP contribution in [-0.2, 0) is 4.79 Å². The Kier molecular flexibility index (Phi) is 8.39. The molecule has 1 fully saturated rings. The van der Waals surface area contributed by atoms with E-state index in [9.17, 15) is 14.7 Å². The molecule has 1 aliphatic heterocycles. The average molecular weight is 465 g/mol. The number of amides is 1. The van der Waals surface area contributed by atoms with E-state index in [4.69, 9.17) is 16.7 Å². The number of aromatic nitrogens is 1. The van der Waals surface area contributed by atoms with Gasteiger partial charge in [-0.3, -0.25) is 14.5 Å². The number of hydrogen-bond acceptors (Lipinski definition) is 7. The van der Waals surface area contributed by atoms with E-state index in [1.165, 1.54) is 17.2 Å². The quantitative estimate of drug-likeness (QED) is 0.384. The number of halogens is 1. The lowest BCUT2D eigenvalue weighted by molar-refractivity contribution is -0.135. The first-order valence-electron chi connectivity index (χ1n) is 9.97. The molecule has 0 unspecified atom stereocenters. The van der Waals surface area contributed by atoms with Crippen molar-refractivity contribution in [3.8, 4) is 5.75 Å². The van der Waals surface area contributed by atoms with Gasteiger partial charge in [0.05, 0.1) is 11.9 Å². The number of carboxylic acid groups (broad SMARTS) is 1. The number of carbonyl (C=O) groups is 2. The first-order valence-corrected chi connectivity index (χ1v) is 11.3. The summed E-state index contributed by atoms with van der Waals surface area (Å²) in [6.45, 7) is 3.93. The van der Waals surface area contributed by atoms with Crippen molar-refractivity contribution < 1.29 is 19.8 Å². The summed E-state index contributed by atoms with van der Waals surface area (Å²) >= 11 is 7.74. The molecule has 2 aromatic rings. The number of aromatic hydroxyl groups is 1. The second kappa shape index (κ2) is 11.2. The van der Waals surface area contributed by atoms with Crippen molar-refractivity contribution in [3.05, 3.63) is 47.2 Å². The molecule has 0 radical (unpaired) electrons. The molecule has 1 aliphatic rings. The third-order valence-corrected chi connectivity index (χ3v) is 6.26. The number of nitrogens with one attached hydrogen (secondary N) is 1. The summed E-state index contributed by atoms with van der Waals surface area (Å²) in [7, 11) is 0. The van der Waals surface area contributed by atoms with Gasteiger partial charge in [-0.15, -0.1) is 11.8 Å². The fourth-order valence-corrected chi connectivity index (χ4v) is 4.23. The van der Waals surface area contributed by atoms with Crippen molar-refractivity contribution in [1.82, 2.24) is 15.2 Å². The second-order valence-electron chi connectivity index (χ2n) is 7.12. The smallest absolute Gasteiger partial charge is 0.322 e. The summed E-state index contributed by atoms with van der Waals surface area (Å²) in [6, 6.07) is 9.39. The fraction of sp³-hybridized carbons (Fsp3) is 0.381. The van der Waals surface area contributed by atoms with Gasteiger partial charge in [0.25, 0.3) is 5.91 Å². The molecule has 1 aromatic carbocycles. The van der Waals surface area contributed by atoms with Crippen LogP contribution in [0, 0.1) is 0 Å². The lowest BCUT2D eigenvalue weighted by Gasteiger charge is -2.36. The van der Waals surface area contributed by atoms with Crippen LogP contribution in [0.15, 0.2) is 41.4 Å². The number of hydrogen-bond donors (Lipinski definition) is 3. The zero-order chi connectivity index (χ0) is 22.2. The average Bonchev–Trinajstić information content (AvgIpc) is 2.76. The Labute approximate surface area is 190 Å². The van der Waals surface area contributed by atoms with Crippen molar-refractivity contribution in [3.63, 3.8) is 0 Å². The van der Waals surface area contributed by atoms with Gasteiger partial charge in [-0.2, -0.15) is 0 Å². The van der Waals surface area contributed by atoms with Gasteiger partial charge >= 0.3 is 5.97 Å². The lowest BCUT2D eigenvalue weighted by atomic mass is 10.2. The molecule has 1 saturated heterocycles. The predicted octanol–water partition coefficient (Wildman–Crippen LogP) is 2.56. The molecule has 1 aromatic heterocycles. The molecule has 3 rings (SSSR count). The van der Waals surface area contributed by atoms with Gasteiger partial charge in [0, 0.05) is 42.2 Å². The zero-order valence-electron chi connectivity index (χ0n) is 17.0. The van der Waals surface area contributed by atoms with E-state index in [-0.39, 0.29) is 11.4 Å². The van der Waals surface area contributed by atoms with Crippen LogP contribution in [-0.4, -0.2) is 77.0 Å². The molecule has 8 nitrogen and oxygen atoms in total. The molecule has 0 atom stereocenters. The van der Waals surface area contributed by atoms with Crippen LogP contribution in [0.5, 0.6) is 5.75 Å². The van der Waals surface area contributed by atoms with Crippen LogP contribution in [0.3, 0.4) is 0 Å². The molecule has 10 heteroatoms. The summed E-state index contributed by atoms with van der Waals surface area (Å²) in [5, 5.41) is 21.7. The highest BCUT2D eigenvalue weighted by Crippen LogP contribution is 2.24. The van der Waals surface area contributed by atoms with Crippen molar-refractivity contribution in [2.24, 2.45) is 0 Å². The van der Waals surface area contributed by atoms with Crippen LogP contribution in [0.4, 0.5) is 5.69 Å². The summed E-state index contributed by atoms with van der Waals surface area (Å²) in [6.07, 6.45) is 2.63. The van der Waals surface area contributed by atoms with Gasteiger partial charge < -0.3 is 20.4 Å². The molecular formula is C21H25ClN4O4S. The maximum absolute atomic E-state index is 11.9. The van der Waals surface area contributed by atoms with E-state index in [2.05, 4.69) is 20.1 Å². The van der Waals surface area contributed by atoms with Crippen molar-refractivity contribution >= 4 is 40.9 Å². The van der Waals surface area contributed by atoms with Gasteiger partial charge in [0.15, 0.2) is 5.69 Å². The number of thioether (sulfide) groups is 1. The molecular weight excluding hydrogens is 440 g/mol. The number of pyridine rings is 1. The summed E-state index contributed by atoms with van der Waals surface area (Å²) in [4.78, 5) is 32.2. The second-order valence-corrected chi connectivity index (χ2v) is 8.73. The molecule has 1 amide bonds. The van der Waals surface area contributed by atoms with E-state index in [1.54, 1.807) is 0 Å². The Morgan fingerprint density at radius 3 is 2.52 bits per heavy atom. The molecule has 0 aliphatic carbocycles. The summed E-state index contributed by atoms with van der Waals surface area (Å²) < 4.78 is 0. The maximum atomic E-state index is 11.9. The topological polar surface area (TPSA) is 106 Å². The lowest BCUT2D eigenvalue weighted by Crippen LogP contribution is -2.46. The third-order valence-electron chi connectivity index (χ3n) is 4.91. The Hall–Kier alpha value is -2.49. The summed E-state index contributed by atoms with van der Waals surface area (Å²) in [5.74, 6) is -1.09. The van der Waals surface area contributed by atoms with Crippen LogP contribution in [0.2, 0.25) is 5.02 Å². The molecule has 3 N–H and O–H groups in total. The first-order chi connectivity index (χ1) is 14.9. The Morgan fingerprint density at radius 1 is 1.16 bits per heavy atom. The van der Waals surface area contributed by atoms with Crippen molar-refractivity contribution in [2.75, 3.05) is 49.9 Å². The van der Waals surface area contributed by atoms with E-state index in [0.717, 1.165) is 55.6 Å². The number of rotatable bonds is 9.